The van der Waals surface area contributed by atoms with Crippen LogP contribution in [0.25, 0.3) is 10.9 Å². The summed E-state index contributed by atoms with van der Waals surface area (Å²) in [5, 5.41) is 3.33. The summed E-state index contributed by atoms with van der Waals surface area (Å²) >= 11 is 3.38. The summed E-state index contributed by atoms with van der Waals surface area (Å²) in [6, 6.07) is 16.1. The van der Waals surface area contributed by atoms with Gasteiger partial charge >= 0.3 is 0 Å². The number of aromatic amines is 1. The second-order valence-electron chi connectivity index (χ2n) is 6.54. The van der Waals surface area contributed by atoms with Crippen molar-refractivity contribution in [2.45, 2.75) is 0 Å². The van der Waals surface area contributed by atoms with E-state index in [0.29, 0.717) is 32.4 Å². The SMILES string of the molecule is NC(=O)c1cccc(Oc2ccc(NC(=O)c3cc(=O)[nH]c4c(Br)cccc34)cn2)c1. The highest BCUT2D eigenvalue weighted by Crippen LogP contribution is 2.25. The number of nitrogens with zero attached hydrogens (tertiary/aromatic N) is 1. The first kappa shape index (κ1) is 20.3. The third-order valence-corrected chi connectivity index (χ3v) is 5.07. The summed E-state index contributed by atoms with van der Waals surface area (Å²) in [6.07, 6.45) is 1.43. The molecule has 4 rings (SSSR count). The highest BCUT2D eigenvalue weighted by molar-refractivity contribution is 9.10. The molecule has 0 aliphatic rings. The van der Waals surface area contributed by atoms with Crippen molar-refractivity contribution in [3.8, 4) is 11.6 Å². The van der Waals surface area contributed by atoms with Crippen molar-refractivity contribution in [2.24, 2.45) is 5.73 Å². The molecule has 9 heteroatoms. The maximum absolute atomic E-state index is 12.8. The lowest BCUT2D eigenvalue weighted by Gasteiger charge is -2.10. The van der Waals surface area contributed by atoms with Crippen LogP contribution in [0.2, 0.25) is 0 Å². The molecule has 31 heavy (non-hydrogen) atoms. The number of para-hydroxylation sites is 1. The molecule has 0 unspecified atom stereocenters. The Morgan fingerprint density at radius 2 is 1.87 bits per heavy atom. The number of aromatic nitrogens is 2. The van der Waals surface area contributed by atoms with Gasteiger partial charge in [-0.2, -0.15) is 0 Å². The Kier molecular flexibility index (Phi) is 5.50. The van der Waals surface area contributed by atoms with Crippen LogP contribution >= 0.6 is 15.9 Å². The summed E-state index contributed by atoms with van der Waals surface area (Å²) in [4.78, 5) is 42.9. The molecule has 0 spiro atoms. The fourth-order valence-electron chi connectivity index (χ4n) is 2.98. The van der Waals surface area contributed by atoms with Gasteiger partial charge in [-0.25, -0.2) is 4.98 Å². The number of H-pyrrole nitrogens is 1. The Labute approximate surface area is 184 Å². The number of pyridine rings is 2. The van der Waals surface area contributed by atoms with Crippen LogP contribution in [-0.2, 0) is 0 Å². The topological polar surface area (TPSA) is 127 Å². The molecule has 0 aliphatic heterocycles. The van der Waals surface area contributed by atoms with Gasteiger partial charge in [-0.3, -0.25) is 14.4 Å². The van der Waals surface area contributed by atoms with Crippen LogP contribution in [0.5, 0.6) is 11.6 Å². The monoisotopic (exact) mass is 478 g/mol. The number of hydrogen-bond donors (Lipinski definition) is 3. The molecule has 0 saturated carbocycles. The average Bonchev–Trinajstić information content (AvgIpc) is 2.75. The molecule has 154 valence electrons. The van der Waals surface area contributed by atoms with Gasteiger partial charge in [-0.05, 0) is 46.3 Å². The van der Waals surface area contributed by atoms with Crippen LogP contribution in [0, 0.1) is 0 Å². The van der Waals surface area contributed by atoms with Gasteiger partial charge in [0.2, 0.25) is 17.3 Å². The van der Waals surface area contributed by atoms with Gasteiger partial charge in [-0.1, -0.05) is 18.2 Å². The molecular formula is C22H15BrN4O4. The van der Waals surface area contributed by atoms with Gasteiger partial charge in [0, 0.05) is 27.6 Å². The second-order valence-corrected chi connectivity index (χ2v) is 7.40. The van der Waals surface area contributed by atoms with Gasteiger partial charge in [0.25, 0.3) is 5.91 Å². The largest absolute Gasteiger partial charge is 0.439 e. The van der Waals surface area contributed by atoms with E-state index in [1.54, 1.807) is 48.5 Å². The maximum atomic E-state index is 12.8. The minimum absolute atomic E-state index is 0.239. The van der Waals surface area contributed by atoms with Gasteiger partial charge in [-0.15, -0.1) is 0 Å². The number of benzene rings is 2. The van der Waals surface area contributed by atoms with Crippen molar-refractivity contribution in [3.63, 3.8) is 0 Å². The van der Waals surface area contributed by atoms with Crippen LogP contribution in [0.3, 0.4) is 0 Å². The molecule has 4 aromatic rings. The Bertz CT molecular complexity index is 1370. The fraction of sp³-hybridized carbons (Fsp3) is 0. The van der Waals surface area contributed by atoms with Gasteiger partial charge < -0.3 is 20.8 Å². The minimum atomic E-state index is -0.559. The number of anilines is 1. The first-order valence-corrected chi connectivity index (χ1v) is 9.87. The normalized spacial score (nSPS) is 10.6. The highest BCUT2D eigenvalue weighted by atomic mass is 79.9. The van der Waals surface area contributed by atoms with Crippen molar-refractivity contribution in [3.05, 3.63) is 92.8 Å². The molecule has 0 fully saturated rings. The Hall–Kier alpha value is -3.98. The molecule has 2 aromatic carbocycles. The maximum Gasteiger partial charge on any atom is 0.256 e. The number of amides is 2. The number of nitrogens with two attached hydrogens (primary N) is 1. The van der Waals surface area contributed by atoms with Crippen LogP contribution in [0.4, 0.5) is 5.69 Å². The van der Waals surface area contributed by atoms with Crippen molar-refractivity contribution in [1.29, 1.82) is 0 Å². The third kappa shape index (κ3) is 4.46. The molecular weight excluding hydrogens is 464 g/mol. The summed E-state index contributed by atoms with van der Waals surface area (Å²) < 4.78 is 6.30. The molecule has 2 aromatic heterocycles. The number of ether oxygens (including phenoxy) is 1. The van der Waals surface area contributed by atoms with E-state index in [9.17, 15) is 14.4 Å². The summed E-state index contributed by atoms with van der Waals surface area (Å²) in [5.41, 5.74) is 6.41. The van der Waals surface area contributed by atoms with Crippen molar-refractivity contribution in [2.75, 3.05) is 5.32 Å². The summed E-state index contributed by atoms with van der Waals surface area (Å²) in [5.74, 6) is -0.333. The quantitative estimate of drug-likeness (QED) is 0.401. The smallest absolute Gasteiger partial charge is 0.256 e. The lowest BCUT2D eigenvalue weighted by molar-refractivity contribution is 0.0997. The van der Waals surface area contributed by atoms with Crippen molar-refractivity contribution < 1.29 is 14.3 Å². The first-order valence-electron chi connectivity index (χ1n) is 9.07. The standard InChI is InChI=1S/C22H15BrN4O4/c23-17-6-2-5-15-16(10-18(28)27-20(15)17)22(30)26-13-7-8-19(25-11-13)31-14-4-1-3-12(9-14)21(24)29/h1-11H,(H2,24,29)(H,26,30)(H,27,28). The second kappa shape index (κ2) is 8.41. The van der Waals surface area contributed by atoms with E-state index in [2.05, 4.69) is 31.2 Å². The summed E-state index contributed by atoms with van der Waals surface area (Å²) in [6.45, 7) is 0. The molecule has 2 amide bonds. The molecule has 0 aliphatic carbocycles. The number of carbonyl (C=O) groups is 2. The van der Waals surface area contributed by atoms with Crippen LogP contribution < -0.4 is 21.3 Å². The zero-order valence-corrected chi connectivity index (χ0v) is 17.5. The van der Waals surface area contributed by atoms with E-state index in [4.69, 9.17) is 10.5 Å². The fourth-order valence-corrected chi connectivity index (χ4v) is 3.44. The molecule has 0 atom stereocenters. The predicted molar refractivity (Wildman–Crippen MR) is 119 cm³/mol. The Morgan fingerprint density at radius 1 is 1.06 bits per heavy atom. The zero-order chi connectivity index (χ0) is 22.0. The van der Waals surface area contributed by atoms with E-state index in [-0.39, 0.29) is 17.0 Å². The number of rotatable bonds is 5. The first-order chi connectivity index (χ1) is 14.9. The number of primary amides is 1. The number of hydrogen-bond acceptors (Lipinski definition) is 5. The van der Waals surface area contributed by atoms with E-state index >= 15 is 0 Å². The van der Waals surface area contributed by atoms with Crippen LogP contribution in [-0.4, -0.2) is 21.8 Å². The summed E-state index contributed by atoms with van der Waals surface area (Å²) in [7, 11) is 0. The lowest BCUT2D eigenvalue weighted by Crippen LogP contribution is -2.17. The van der Waals surface area contributed by atoms with Crippen LogP contribution in [0.15, 0.2) is 76.1 Å². The van der Waals surface area contributed by atoms with Crippen LogP contribution in [0.1, 0.15) is 20.7 Å². The minimum Gasteiger partial charge on any atom is -0.439 e. The number of carbonyl (C=O) groups excluding carboxylic acids is 2. The molecule has 0 saturated heterocycles. The Morgan fingerprint density at radius 3 is 2.61 bits per heavy atom. The Balaban J connectivity index is 1.53. The lowest BCUT2D eigenvalue weighted by atomic mass is 10.1. The number of nitrogens with one attached hydrogen (secondary N) is 2. The number of fused-ring (bicyclic) bond motifs is 1. The average molecular weight is 479 g/mol. The van der Waals surface area contributed by atoms with Crippen molar-refractivity contribution >= 4 is 44.3 Å². The molecule has 2 heterocycles. The van der Waals surface area contributed by atoms with Gasteiger partial charge in [0.1, 0.15) is 5.75 Å². The van der Waals surface area contributed by atoms with E-state index in [1.807, 2.05) is 0 Å². The molecule has 8 nitrogen and oxygen atoms in total. The molecule has 0 bridgehead atoms. The highest BCUT2D eigenvalue weighted by Gasteiger charge is 2.14. The van der Waals surface area contributed by atoms with E-state index in [0.717, 1.165) is 0 Å². The third-order valence-electron chi connectivity index (χ3n) is 4.41. The van der Waals surface area contributed by atoms with Crippen molar-refractivity contribution in [1.82, 2.24) is 9.97 Å². The van der Waals surface area contributed by atoms with Gasteiger partial charge in [0.15, 0.2) is 0 Å². The molecule has 0 radical (unpaired) electrons. The number of halogens is 1. The van der Waals surface area contributed by atoms with E-state index < -0.39 is 11.8 Å². The predicted octanol–water partition coefficient (Wildman–Crippen LogP) is 3.83. The van der Waals surface area contributed by atoms with E-state index in [1.165, 1.54) is 18.3 Å². The molecule has 4 N–H and O–H groups in total. The van der Waals surface area contributed by atoms with Gasteiger partial charge in [0.05, 0.1) is 23.0 Å². The zero-order valence-electron chi connectivity index (χ0n) is 15.9.